The highest BCUT2D eigenvalue weighted by Gasteiger charge is 2.19. The number of rotatable bonds is 6. The van der Waals surface area contributed by atoms with Crippen LogP contribution in [0.15, 0.2) is 65.7 Å². The average Bonchev–Trinajstić information content (AvgIpc) is 2.78. The lowest BCUT2D eigenvalue weighted by atomic mass is 9.99. The molecule has 0 radical (unpaired) electrons. The van der Waals surface area contributed by atoms with E-state index in [1.165, 1.54) is 25.4 Å². The number of anilines is 2. The molecular formula is C25H24F2N4O3. The van der Waals surface area contributed by atoms with Crippen molar-refractivity contribution in [1.29, 1.82) is 0 Å². The van der Waals surface area contributed by atoms with Gasteiger partial charge < -0.3 is 24.6 Å². The molecule has 34 heavy (non-hydrogen) atoms. The van der Waals surface area contributed by atoms with Crippen molar-refractivity contribution >= 4 is 17.2 Å². The molecule has 1 aliphatic rings. The van der Waals surface area contributed by atoms with E-state index in [2.05, 4.69) is 10.3 Å². The SMILES string of the molecule is COc1cn(Cc2cc(F)cc(F)c2)c(Nc2cc(C3=CC=CN(C)C3O)ccc2C)nc1=O. The molecule has 0 amide bonds. The van der Waals surface area contributed by atoms with Crippen molar-refractivity contribution in [3.05, 3.63) is 99.6 Å². The molecule has 0 aliphatic carbocycles. The van der Waals surface area contributed by atoms with Gasteiger partial charge in [0.1, 0.15) is 11.6 Å². The number of benzene rings is 2. The minimum atomic E-state index is -0.805. The van der Waals surface area contributed by atoms with Crippen LogP contribution in [0.2, 0.25) is 0 Å². The summed E-state index contributed by atoms with van der Waals surface area (Å²) in [5, 5.41) is 13.7. The zero-order valence-corrected chi connectivity index (χ0v) is 18.9. The molecule has 0 saturated heterocycles. The zero-order valence-electron chi connectivity index (χ0n) is 18.9. The number of nitrogens with one attached hydrogen (secondary N) is 1. The number of aromatic nitrogens is 2. The fourth-order valence-corrected chi connectivity index (χ4v) is 3.70. The van der Waals surface area contributed by atoms with Crippen molar-refractivity contribution in [1.82, 2.24) is 14.5 Å². The van der Waals surface area contributed by atoms with Gasteiger partial charge in [-0.3, -0.25) is 4.79 Å². The van der Waals surface area contributed by atoms with Crippen molar-refractivity contribution < 1.29 is 18.6 Å². The summed E-state index contributed by atoms with van der Waals surface area (Å²) >= 11 is 0. The topological polar surface area (TPSA) is 79.6 Å². The van der Waals surface area contributed by atoms with Gasteiger partial charge in [0.25, 0.3) is 0 Å². The summed E-state index contributed by atoms with van der Waals surface area (Å²) in [5.41, 5.74) is 2.78. The van der Waals surface area contributed by atoms with Crippen LogP contribution in [0.3, 0.4) is 0 Å². The molecular weight excluding hydrogens is 442 g/mol. The van der Waals surface area contributed by atoms with E-state index in [-0.39, 0.29) is 18.2 Å². The Bertz CT molecular complexity index is 1330. The van der Waals surface area contributed by atoms with Crippen molar-refractivity contribution in [2.24, 2.45) is 0 Å². The molecule has 1 aromatic heterocycles. The standard InChI is InChI=1S/C25H24F2N4O3/c1-15-6-7-17(20-5-4-8-30(2)24(20)33)11-21(15)28-25-29-23(32)22(34-3)14-31(25)13-16-9-18(26)12-19(27)10-16/h4-12,14,24,33H,13H2,1-3H3,(H,28,29,32). The van der Waals surface area contributed by atoms with E-state index in [1.807, 2.05) is 37.3 Å². The van der Waals surface area contributed by atoms with E-state index in [0.717, 1.165) is 17.2 Å². The second kappa shape index (κ2) is 9.48. The molecule has 2 heterocycles. The third kappa shape index (κ3) is 4.84. The molecule has 0 bridgehead atoms. The van der Waals surface area contributed by atoms with Gasteiger partial charge in [-0.25, -0.2) is 8.78 Å². The van der Waals surface area contributed by atoms with Crippen LogP contribution in [0.4, 0.5) is 20.4 Å². The van der Waals surface area contributed by atoms with Crippen LogP contribution in [0, 0.1) is 18.6 Å². The molecule has 2 N–H and O–H groups in total. The third-order valence-electron chi connectivity index (χ3n) is 5.54. The number of halogens is 2. The quantitative estimate of drug-likeness (QED) is 0.576. The molecule has 1 unspecified atom stereocenters. The lowest BCUT2D eigenvalue weighted by Crippen LogP contribution is -2.29. The number of methoxy groups -OCH3 is 1. The van der Waals surface area contributed by atoms with E-state index >= 15 is 0 Å². The first kappa shape index (κ1) is 23.2. The summed E-state index contributed by atoms with van der Waals surface area (Å²) < 4.78 is 34.1. The van der Waals surface area contributed by atoms with Crippen LogP contribution in [0.5, 0.6) is 5.75 Å². The second-order valence-corrected chi connectivity index (χ2v) is 8.00. The Balaban J connectivity index is 1.74. The highest BCUT2D eigenvalue weighted by molar-refractivity contribution is 5.75. The molecule has 7 nitrogen and oxygen atoms in total. The van der Waals surface area contributed by atoms with Crippen molar-refractivity contribution in [3.63, 3.8) is 0 Å². The molecule has 0 saturated carbocycles. The smallest absolute Gasteiger partial charge is 0.316 e. The zero-order chi connectivity index (χ0) is 24.4. The highest BCUT2D eigenvalue weighted by atomic mass is 19.1. The largest absolute Gasteiger partial charge is 0.490 e. The van der Waals surface area contributed by atoms with Gasteiger partial charge in [0.05, 0.1) is 19.9 Å². The summed E-state index contributed by atoms with van der Waals surface area (Å²) in [4.78, 5) is 18.2. The number of aryl methyl sites for hydroxylation is 1. The van der Waals surface area contributed by atoms with Gasteiger partial charge >= 0.3 is 5.56 Å². The molecule has 0 spiro atoms. The Morgan fingerprint density at radius 1 is 1.18 bits per heavy atom. The second-order valence-electron chi connectivity index (χ2n) is 8.00. The lowest BCUT2D eigenvalue weighted by Gasteiger charge is -2.27. The molecule has 4 rings (SSSR count). The molecule has 9 heteroatoms. The van der Waals surface area contributed by atoms with Crippen LogP contribution in [-0.4, -0.2) is 39.9 Å². The Morgan fingerprint density at radius 3 is 2.62 bits per heavy atom. The summed E-state index contributed by atoms with van der Waals surface area (Å²) in [7, 11) is 3.12. The first-order valence-corrected chi connectivity index (χ1v) is 10.5. The number of allylic oxidation sites excluding steroid dienone is 2. The maximum absolute atomic E-state index is 13.7. The first-order chi connectivity index (χ1) is 16.2. The molecule has 2 aromatic carbocycles. The maximum atomic E-state index is 13.7. The predicted octanol–water partition coefficient (Wildman–Crippen LogP) is 3.79. The third-order valence-corrected chi connectivity index (χ3v) is 5.54. The number of hydrogen-bond acceptors (Lipinski definition) is 6. The minimum Gasteiger partial charge on any atom is -0.490 e. The monoisotopic (exact) mass is 466 g/mol. The lowest BCUT2D eigenvalue weighted by molar-refractivity contribution is 0.107. The van der Waals surface area contributed by atoms with E-state index < -0.39 is 23.4 Å². The first-order valence-electron chi connectivity index (χ1n) is 10.5. The molecule has 3 aromatic rings. The fraction of sp³-hybridized carbons (Fsp3) is 0.200. The number of likely N-dealkylation sites (N-methyl/N-ethyl adjacent to an activating group) is 1. The van der Waals surface area contributed by atoms with Gasteiger partial charge in [0.15, 0.2) is 6.23 Å². The van der Waals surface area contributed by atoms with Gasteiger partial charge in [-0.1, -0.05) is 18.2 Å². The number of ether oxygens (including phenoxy) is 1. The van der Waals surface area contributed by atoms with Gasteiger partial charge in [0.2, 0.25) is 11.7 Å². The number of nitrogens with zero attached hydrogens (tertiary/aromatic N) is 3. The Kier molecular flexibility index (Phi) is 6.47. The average molecular weight is 466 g/mol. The van der Waals surface area contributed by atoms with Crippen LogP contribution in [0.1, 0.15) is 16.7 Å². The van der Waals surface area contributed by atoms with Crippen molar-refractivity contribution in [3.8, 4) is 5.75 Å². The minimum absolute atomic E-state index is 0.00166. The van der Waals surface area contributed by atoms with Crippen LogP contribution in [-0.2, 0) is 6.54 Å². The van der Waals surface area contributed by atoms with Crippen LogP contribution >= 0.6 is 0 Å². The normalized spacial score (nSPS) is 15.3. The van der Waals surface area contributed by atoms with E-state index in [0.29, 0.717) is 16.8 Å². The number of aliphatic hydroxyl groups is 1. The summed E-state index contributed by atoms with van der Waals surface area (Å²) in [6, 6.07) is 8.85. The van der Waals surface area contributed by atoms with E-state index in [9.17, 15) is 18.7 Å². The molecule has 176 valence electrons. The molecule has 1 aliphatic heterocycles. The van der Waals surface area contributed by atoms with E-state index in [1.54, 1.807) is 22.7 Å². The Labute approximate surface area is 195 Å². The van der Waals surface area contributed by atoms with Gasteiger partial charge in [-0.15, -0.1) is 0 Å². The molecule has 1 atom stereocenters. The Hall–Kier alpha value is -3.98. The maximum Gasteiger partial charge on any atom is 0.316 e. The highest BCUT2D eigenvalue weighted by Crippen LogP contribution is 2.29. The van der Waals surface area contributed by atoms with Crippen molar-refractivity contribution in [2.75, 3.05) is 19.5 Å². The fourth-order valence-electron chi connectivity index (χ4n) is 3.70. The van der Waals surface area contributed by atoms with Gasteiger partial charge in [0, 0.05) is 30.6 Å². The summed E-state index contributed by atoms with van der Waals surface area (Å²) in [6.07, 6.45) is 6.08. The summed E-state index contributed by atoms with van der Waals surface area (Å²) in [6.45, 7) is 1.93. The number of hydrogen-bond donors (Lipinski definition) is 2. The van der Waals surface area contributed by atoms with E-state index in [4.69, 9.17) is 4.74 Å². The van der Waals surface area contributed by atoms with Gasteiger partial charge in [-0.2, -0.15) is 4.98 Å². The van der Waals surface area contributed by atoms with Gasteiger partial charge in [-0.05, 0) is 47.9 Å². The van der Waals surface area contributed by atoms with Crippen LogP contribution < -0.4 is 15.6 Å². The number of aliphatic hydroxyl groups excluding tert-OH is 1. The predicted molar refractivity (Wildman–Crippen MR) is 126 cm³/mol. The summed E-state index contributed by atoms with van der Waals surface area (Å²) in [5.74, 6) is -1.23. The molecule has 0 fully saturated rings. The Morgan fingerprint density at radius 2 is 1.91 bits per heavy atom. The van der Waals surface area contributed by atoms with Crippen LogP contribution in [0.25, 0.3) is 5.57 Å². The van der Waals surface area contributed by atoms with Crippen molar-refractivity contribution in [2.45, 2.75) is 19.7 Å².